The van der Waals surface area contributed by atoms with Crippen LogP contribution in [0.3, 0.4) is 0 Å². The molecule has 0 unspecified atom stereocenters. The summed E-state index contributed by atoms with van der Waals surface area (Å²) in [6.07, 6.45) is -4.38. The molecule has 1 aliphatic rings. The van der Waals surface area contributed by atoms with Crippen molar-refractivity contribution in [2.24, 2.45) is 0 Å². The molecule has 0 aliphatic carbocycles. The molecule has 1 fully saturated rings. The number of alkyl halides is 3. The summed E-state index contributed by atoms with van der Waals surface area (Å²) < 4.78 is 43.3. The summed E-state index contributed by atoms with van der Waals surface area (Å²) in [6, 6.07) is 7.71. The molecule has 0 saturated carbocycles. The van der Waals surface area contributed by atoms with E-state index in [0.717, 1.165) is 46.5 Å². The lowest BCUT2D eigenvalue weighted by Gasteiger charge is -2.34. The Hall–Kier alpha value is -2.13. The van der Waals surface area contributed by atoms with Gasteiger partial charge in [-0.2, -0.15) is 13.2 Å². The minimum Gasteiger partial charge on any atom is -0.356 e. The molecule has 1 saturated heterocycles. The van der Waals surface area contributed by atoms with Gasteiger partial charge in [0.05, 0.1) is 0 Å². The smallest absolute Gasteiger partial charge is 0.356 e. The van der Waals surface area contributed by atoms with Crippen LogP contribution in [0.5, 0.6) is 0 Å². The van der Waals surface area contributed by atoms with Gasteiger partial charge in [0.2, 0.25) is 0 Å². The molecule has 4 rings (SSSR count). The number of aromatic nitrogens is 2. The molecule has 0 spiro atoms. The molecule has 2 aromatic heterocycles. The van der Waals surface area contributed by atoms with Crippen molar-refractivity contribution < 1.29 is 17.7 Å². The highest BCUT2D eigenvalue weighted by Crippen LogP contribution is 2.33. The Balaban J connectivity index is 1.39. The van der Waals surface area contributed by atoms with Crippen LogP contribution in [0.4, 0.5) is 18.3 Å². The van der Waals surface area contributed by atoms with Crippen LogP contribution < -0.4 is 4.90 Å². The van der Waals surface area contributed by atoms with Crippen LogP contribution in [-0.4, -0.2) is 41.2 Å². The van der Waals surface area contributed by atoms with Gasteiger partial charge >= 0.3 is 6.18 Å². The maximum Gasteiger partial charge on any atom is 0.434 e. The molecule has 0 radical (unpaired) electrons. The third kappa shape index (κ3) is 3.34. The normalized spacial score (nSPS) is 16.7. The number of hydrogen-bond acceptors (Lipinski definition) is 6. The van der Waals surface area contributed by atoms with E-state index in [4.69, 9.17) is 4.52 Å². The number of fused-ring (bicyclic) bond motifs is 1. The molecule has 0 amide bonds. The van der Waals surface area contributed by atoms with Crippen LogP contribution in [0.1, 0.15) is 11.4 Å². The molecular formula is C16H15F3N4OS. The van der Waals surface area contributed by atoms with Gasteiger partial charge in [-0.1, -0.05) is 17.3 Å². The van der Waals surface area contributed by atoms with E-state index in [9.17, 15) is 13.2 Å². The number of anilines is 1. The predicted molar refractivity (Wildman–Crippen MR) is 88.6 cm³/mol. The van der Waals surface area contributed by atoms with Crippen molar-refractivity contribution in [3.8, 4) is 0 Å². The van der Waals surface area contributed by atoms with Gasteiger partial charge in [0, 0.05) is 43.5 Å². The molecule has 5 nitrogen and oxygen atoms in total. The lowest BCUT2D eigenvalue weighted by Crippen LogP contribution is -2.46. The molecule has 9 heteroatoms. The summed E-state index contributed by atoms with van der Waals surface area (Å²) in [4.78, 5) is 7.84. The zero-order valence-corrected chi connectivity index (χ0v) is 14.0. The first-order chi connectivity index (χ1) is 12.0. The second-order valence-electron chi connectivity index (χ2n) is 5.90. The summed E-state index contributed by atoms with van der Waals surface area (Å²) in [5, 5.41) is 6.63. The largest absolute Gasteiger partial charge is 0.434 e. The molecule has 0 atom stereocenters. The van der Waals surface area contributed by atoms with Crippen LogP contribution in [0.25, 0.3) is 11.0 Å². The number of halogens is 3. The van der Waals surface area contributed by atoms with Crippen LogP contribution in [0.2, 0.25) is 0 Å². The average molecular weight is 368 g/mol. The SMILES string of the molecule is FC(F)(F)c1csc(N2CCN(Cc3noc4ccccc34)CC2)n1. The number of rotatable bonds is 3. The number of piperazine rings is 1. The van der Waals surface area contributed by atoms with Gasteiger partial charge in [-0.05, 0) is 12.1 Å². The first kappa shape index (κ1) is 16.3. The van der Waals surface area contributed by atoms with E-state index in [-0.39, 0.29) is 0 Å². The Labute approximate surface area is 145 Å². The second kappa shape index (κ2) is 6.30. The fourth-order valence-electron chi connectivity index (χ4n) is 2.90. The topological polar surface area (TPSA) is 45.4 Å². The summed E-state index contributed by atoms with van der Waals surface area (Å²) >= 11 is 1.04. The minimum atomic E-state index is -4.38. The van der Waals surface area contributed by atoms with Crippen LogP contribution in [0.15, 0.2) is 34.2 Å². The van der Waals surface area contributed by atoms with E-state index in [1.165, 1.54) is 0 Å². The number of nitrogens with zero attached hydrogens (tertiary/aromatic N) is 4. The van der Waals surface area contributed by atoms with E-state index in [1.54, 1.807) is 0 Å². The van der Waals surface area contributed by atoms with Crippen molar-refractivity contribution in [1.82, 2.24) is 15.0 Å². The summed E-state index contributed by atoms with van der Waals surface area (Å²) in [6.45, 7) is 3.42. The fourth-order valence-corrected chi connectivity index (χ4v) is 3.79. The predicted octanol–water partition coefficient (Wildman–Crippen LogP) is 3.63. The van der Waals surface area contributed by atoms with Gasteiger partial charge in [-0.25, -0.2) is 4.98 Å². The van der Waals surface area contributed by atoms with Crippen LogP contribution in [-0.2, 0) is 12.7 Å². The maximum atomic E-state index is 12.7. The molecule has 25 heavy (non-hydrogen) atoms. The standard InChI is InChI=1S/C16H15F3N4OS/c17-16(18,19)14-10-25-15(20-14)23-7-5-22(6-8-23)9-12-11-3-1-2-4-13(11)24-21-12/h1-4,10H,5-9H2. The van der Waals surface area contributed by atoms with Gasteiger partial charge in [-0.15, -0.1) is 11.3 Å². The van der Waals surface area contributed by atoms with E-state index in [1.807, 2.05) is 29.2 Å². The van der Waals surface area contributed by atoms with Gasteiger partial charge < -0.3 is 9.42 Å². The van der Waals surface area contributed by atoms with Crippen molar-refractivity contribution in [1.29, 1.82) is 0 Å². The molecule has 1 aromatic carbocycles. The quantitative estimate of drug-likeness (QED) is 0.707. The van der Waals surface area contributed by atoms with Gasteiger partial charge in [0.1, 0.15) is 5.69 Å². The van der Waals surface area contributed by atoms with E-state index in [2.05, 4.69) is 15.0 Å². The van der Waals surface area contributed by atoms with E-state index < -0.39 is 11.9 Å². The van der Waals surface area contributed by atoms with Crippen molar-refractivity contribution in [2.45, 2.75) is 12.7 Å². The Morgan fingerprint density at radius 2 is 1.88 bits per heavy atom. The average Bonchev–Trinajstić information content (AvgIpc) is 3.23. The summed E-state index contributed by atoms with van der Waals surface area (Å²) in [5.41, 5.74) is 0.834. The van der Waals surface area contributed by atoms with Crippen molar-refractivity contribution >= 4 is 27.4 Å². The minimum absolute atomic E-state index is 0.430. The highest BCUT2D eigenvalue weighted by molar-refractivity contribution is 7.13. The van der Waals surface area contributed by atoms with Crippen LogP contribution >= 0.6 is 11.3 Å². The van der Waals surface area contributed by atoms with Gasteiger partial charge in [0.15, 0.2) is 16.4 Å². The Morgan fingerprint density at radius 1 is 1.12 bits per heavy atom. The third-order valence-electron chi connectivity index (χ3n) is 4.25. The maximum absolute atomic E-state index is 12.7. The second-order valence-corrected chi connectivity index (χ2v) is 6.74. The van der Waals surface area contributed by atoms with Crippen LogP contribution in [0, 0.1) is 0 Å². The molecule has 0 N–H and O–H groups in total. The van der Waals surface area contributed by atoms with E-state index in [0.29, 0.717) is 24.8 Å². The lowest BCUT2D eigenvalue weighted by atomic mass is 10.2. The zero-order valence-electron chi connectivity index (χ0n) is 13.2. The number of para-hydroxylation sites is 1. The molecule has 1 aliphatic heterocycles. The lowest BCUT2D eigenvalue weighted by molar-refractivity contribution is -0.140. The van der Waals surface area contributed by atoms with E-state index >= 15 is 0 Å². The van der Waals surface area contributed by atoms with Gasteiger partial charge in [0.25, 0.3) is 0 Å². The molecule has 132 valence electrons. The Kier molecular flexibility index (Phi) is 4.12. The highest BCUT2D eigenvalue weighted by Gasteiger charge is 2.34. The van der Waals surface area contributed by atoms with Crippen molar-refractivity contribution in [3.05, 3.63) is 41.0 Å². The zero-order chi connectivity index (χ0) is 17.4. The summed E-state index contributed by atoms with van der Waals surface area (Å²) in [5.74, 6) is 0. The van der Waals surface area contributed by atoms with Crippen molar-refractivity contribution in [3.63, 3.8) is 0 Å². The fraction of sp³-hybridized carbons (Fsp3) is 0.375. The monoisotopic (exact) mass is 368 g/mol. The molecule has 3 heterocycles. The molecule has 3 aromatic rings. The molecule has 0 bridgehead atoms. The first-order valence-electron chi connectivity index (χ1n) is 7.84. The van der Waals surface area contributed by atoms with Gasteiger partial charge in [-0.3, -0.25) is 4.90 Å². The number of thiazole rings is 1. The Bertz CT molecular complexity index is 868. The number of hydrogen-bond donors (Lipinski definition) is 0. The Morgan fingerprint density at radius 3 is 2.60 bits per heavy atom. The first-order valence-corrected chi connectivity index (χ1v) is 8.72. The van der Waals surface area contributed by atoms with Crippen molar-refractivity contribution in [2.75, 3.05) is 31.1 Å². The number of benzene rings is 1. The third-order valence-corrected chi connectivity index (χ3v) is 5.15. The summed E-state index contributed by atoms with van der Waals surface area (Å²) in [7, 11) is 0. The highest BCUT2D eigenvalue weighted by atomic mass is 32.1. The molecular weight excluding hydrogens is 353 g/mol.